The molecular formula is C18H31F5O2. The molecule has 25 heavy (non-hydrogen) atoms. The summed E-state index contributed by atoms with van der Waals surface area (Å²) >= 11 is 0. The van der Waals surface area contributed by atoms with Crippen LogP contribution in [0.2, 0.25) is 0 Å². The summed E-state index contributed by atoms with van der Waals surface area (Å²) in [6.45, 7) is 2.16. The summed E-state index contributed by atoms with van der Waals surface area (Å²) in [5, 5.41) is 9.08. The van der Waals surface area contributed by atoms with Gasteiger partial charge >= 0.3 is 18.1 Å². The zero-order valence-electron chi connectivity index (χ0n) is 15.0. The van der Waals surface area contributed by atoms with Crippen LogP contribution in [-0.4, -0.2) is 23.2 Å². The Hall–Kier alpha value is -0.880. The van der Waals surface area contributed by atoms with Crippen molar-refractivity contribution in [2.45, 2.75) is 102 Å². The first-order chi connectivity index (χ1) is 11.6. The molecule has 1 unspecified atom stereocenters. The summed E-state index contributed by atoms with van der Waals surface area (Å²) in [6.07, 6.45) is 2.53. The molecule has 0 radical (unpaired) electrons. The fourth-order valence-corrected chi connectivity index (χ4v) is 2.80. The van der Waals surface area contributed by atoms with Gasteiger partial charge in [0, 0.05) is 6.42 Å². The minimum Gasteiger partial charge on any atom is -0.481 e. The van der Waals surface area contributed by atoms with Gasteiger partial charge in [0.25, 0.3) is 0 Å². The van der Waals surface area contributed by atoms with Crippen molar-refractivity contribution in [2.75, 3.05) is 0 Å². The monoisotopic (exact) mass is 374 g/mol. The van der Waals surface area contributed by atoms with E-state index in [1.165, 1.54) is 25.7 Å². The second-order valence-corrected chi connectivity index (χ2v) is 6.75. The van der Waals surface area contributed by atoms with Gasteiger partial charge in [-0.1, -0.05) is 64.7 Å². The van der Waals surface area contributed by atoms with Gasteiger partial charge in [0.2, 0.25) is 0 Å². The van der Waals surface area contributed by atoms with Gasteiger partial charge < -0.3 is 5.11 Å². The first-order valence-corrected chi connectivity index (χ1v) is 9.29. The van der Waals surface area contributed by atoms with Crippen LogP contribution in [0.3, 0.4) is 0 Å². The van der Waals surface area contributed by atoms with Crippen molar-refractivity contribution in [3.63, 3.8) is 0 Å². The van der Waals surface area contributed by atoms with Crippen LogP contribution in [0.5, 0.6) is 0 Å². The van der Waals surface area contributed by atoms with E-state index in [4.69, 9.17) is 5.11 Å². The predicted molar refractivity (Wildman–Crippen MR) is 87.8 cm³/mol. The van der Waals surface area contributed by atoms with Gasteiger partial charge in [-0.25, -0.2) is 0 Å². The van der Waals surface area contributed by atoms with Gasteiger partial charge in [-0.3, -0.25) is 4.79 Å². The van der Waals surface area contributed by atoms with Crippen LogP contribution in [0.15, 0.2) is 0 Å². The number of unbranched alkanes of at least 4 members (excludes halogenated alkanes) is 8. The minimum atomic E-state index is -5.57. The van der Waals surface area contributed by atoms with E-state index in [9.17, 15) is 26.7 Å². The maximum Gasteiger partial charge on any atom is 0.453 e. The van der Waals surface area contributed by atoms with Gasteiger partial charge in [0.1, 0.15) is 0 Å². The highest BCUT2D eigenvalue weighted by Gasteiger charge is 2.56. The molecule has 0 heterocycles. The molecule has 0 rings (SSSR count). The van der Waals surface area contributed by atoms with Gasteiger partial charge in [-0.15, -0.1) is 0 Å². The highest BCUT2D eigenvalue weighted by molar-refractivity contribution is 5.69. The smallest absolute Gasteiger partial charge is 0.453 e. The van der Waals surface area contributed by atoms with Crippen molar-refractivity contribution in [3.05, 3.63) is 0 Å². The molecule has 0 fully saturated rings. The Balaban J connectivity index is 3.88. The number of hydrogen-bond acceptors (Lipinski definition) is 1. The third-order valence-corrected chi connectivity index (χ3v) is 4.46. The summed E-state index contributed by atoms with van der Waals surface area (Å²) in [4.78, 5) is 11.1. The molecule has 1 atom stereocenters. The average molecular weight is 374 g/mol. The summed E-state index contributed by atoms with van der Waals surface area (Å²) in [6, 6.07) is 0. The number of carboxylic acid groups (broad SMARTS) is 1. The van der Waals surface area contributed by atoms with Crippen molar-refractivity contribution in [1.82, 2.24) is 0 Å². The molecule has 0 saturated heterocycles. The quantitative estimate of drug-likeness (QED) is 0.248. The number of hydrogen-bond donors (Lipinski definition) is 1. The molecule has 0 aliphatic heterocycles. The fourth-order valence-electron chi connectivity index (χ4n) is 2.80. The molecule has 0 aliphatic carbocycles. The number of aliphatic carboxylic acids is 1. The second-order valence-electron chi connectivity index (χ2n) is 6.75. The molecule has 1 N–H and O–H groups in total. The first-order valence-electron chi connectivity index (χ1n) is 9.29. The Morgan fingerprint density at radius 2 is 1.24 bits per heavy atom. The summed E-state index contributed by atoms with van der Waals surface area (Å²) < 4.78 is 61.8. The topological polar surface area (TPSA) is 37.3 Å². The van der Waals surface area contributed by atoms with Crippen LogP contribution in [0.1, 0.15) is 90.4 Å². The third-order valence-electron chi connectivity index (χ3n) is 4.46. The van der Waals surface area contributed by atoms with E-state index in [0.29, 0.717) is 12.8 Å². The zero-order chi connectivity index (χ0) is 19.3. The molecule has 0 amide bonds. The molecule has 0 spiro atoms. The van der Waals surface area contributed by atoms with Crippen LogP contribution >= 0.6 is 0 Å². The van der Waals surface area contributed by atoms with Crippen molar-refractivity contribution >= 4 is 5.97 Å². The summed E-state index contributed by atoms with van der Waals surface area (Å²) in [7, 11) is 0. The van der Waals surface area contributed by atoms with E-state index in [1.807, 2.05) is 0 Å². The van der Waals surface area contributed by atoms with Crippen LogP contribution in [-0.2, 0) is 4.79 Å². The fraction of sp³-hybridized carbons (Fsp3) is 0.944. The van der Waals surface area contributed by atoms with Crippen LogP contribution < -0.4 is 0 Å². The Kier molecular flexibility index (Phi) is 12.0. The highest BCUT2D eigenvalue weighted by Crippen LogP contribution is 2.39. The molecule has 7 heteroatoms. The summed E-state index contributed by atoms with van der Waals surface area (Å²) in [5.74, 6) is -6.70. The SMILES string of the molecule is CCCCCCCCCCCC(CCCC(F)(F)C(F)(F)F)C(=O)O. The average Bonchev–Trinajstić information content (AvgIpc) is 2.50. The third kappa shape index (κ3) is 11.4. The maximum absolute atomic E-state index is 12.8. The highest BCUT2D eigenvalue weighted by atomic mass is 19.4. The Labute approximate surface area is 147 Å². The van der Waals surface area contributed by atoms with Gasteiger partial charge in [-0.05, 0) is 19.3 Å². The van der Waals surface area contributed by atoms with E-state index < -0.39 is 36.8 Å². The first kappa shape index (κ1) is 24.1. The van der Waals surface area contributed by atoms with E-state index in [-0.39, 0.29) is 6.42 Å². The number of carbonyl (C=O) groups is 1. The van der Waals surface area contributed by atoms with E-state index in [1.54, 1.807) is 0 Å². The maximum atomic E-state index is 12.8. The van der Waals surface area contributed by atoms with Crippen LogP contribution in [0.25, 0.3) is 0 Å². The largest absolute Gasteiger partial charge is 0.481 e. The molecule has 0 aliphatic rings. The van der Waals surface area contributed by atoms with E-state index >= 15 is 0 Å². The second kappa shape index (κ2) is 12.5. The lowest BCUT2D eigenvalue weighted by molar-refractivity contribution is -0.284. The van der Waals surface area contributed by atoms with Crippen molar-refractivity contribution < 1.29 is 31.9 Å². The van der Waals surface area contributed by atoms with Crippen LogP contribution in [0, 0.1) is 5.92 Å². The zero-order valence-corrected chi connectivity index (χ0v) is 15.0. The minimum absolute atomic E-state index is 0.141. The number of rotatable bonds is 15. The van der Waals surface area contributed by atoms with E-state index in [2.05, 4.69) is 6.92 Å². The molecule has 0 saturated carbocycles. The molecule has 0 aromatic carbocycles. The van der Waals surface area contributed by atoms with Crippen LogP contribution in [0.4, 0.5) is 22.0 Å². The lowest BCUT2D eigenvalue weighted by Crippen LogP contribution is -2.36. The van der Waals surface area contributed by atoms with Gasteiger partial charge in [-0.2, -0.15) is 22.0 Å². The van der Waals surface area contributed by atoms with Crippen molar-refractivity contribution in [1.29, 1.82) is 0 Å². The Morgan fingerprint density at radius 1 is 0.800 bits per heavy atom. The van der Waals surface area contributed by atoms with Crippen molar-refractivity contribution in [3.8, 4) is 0 Å². The number of carboxylic acids is 1. The predicted octanol–water partition coefficient (Wildman–Crippen LogP) is 6.98. The molecule has 0 aromatic rings. The standard InChI is InChI=1S/C18H31F5O2/c1-2-3-4-5-6-7-8-9-10-12-15(16(24)25)13-11-14-17(19,20)18(21,22)23/h15H,2-14H2,1H3,(H,24,25). The molecule has 2 nitrogen and oxygen atoms in total. The molecule has 0 aromatic heterocycles. The van der Waals surface area contributed by atoms with Gasteiger partial charge in [0.05, 0.1) is 5.92 Å². The van der Waals surface area contributed by atoms with E-state index in [0.717, 1.165) is 25.7 Å². The summed E-state index contributed by atoms with van der Waals surface area (Å²) in [5.41, 5.74) is 0. The molecule has 150 valence electrons. The lowest BCUT2D eigenvalue weighted by Gasteiger charge is -2.20. The lowest BCUT2D eigenvalue weighted by atomic mass is 9.94. The Morgan fingerprint density at radius 3 is 1.68 bits per heavy atom. The van der Waals surface area contributed by atoms with Gasteiger partial charge in [0.15, 0.2) is 0 Å². The number of halogens is 5. The number of alkyl halides is 5. The Bertz CT molecular complexity index is 356. The molecular weight excluding hydrogens is 343 g/mol. The van der Waals surface area contributed by atoms with Crippen molar-refractivity contribution in [2.24, 2.45) is 5.92 Å². The molecule has 0 bridgehead atoms. The normalized spacial score (nSPS) is 13.8.